The van der Waals surface area contributed by atoms with E-state index in [9.17, 15) is 9.59 Å². The molecule has 2 unspecified atom stereocenters. The van der Waals surface area contributed by atoms with Crippen molar-refractivity contribution in [2.24, 2.45) is 0 Å². The molecule has 0 saturated carbocycles. The molecule has 6 heteroatoms. The molecule has 150 valence electrons. The van der Waals surface area contributed by atoms with Gasteiger partial charge in [-0.2, -0.15) is 0 Å². The van der Waals surface area contributed by atoms with Gasteiger partial charge in [0.25, 0.3) is 5.56 Å². The maximum absolute atomic E-state index is 12.7. The number of likely N-dealkylation sites (N-methyl/N-ethyl adjacent to an activating group) is 1. The molecule has 2 aromatic rings. The Morgan fingerprint density at radius 2 is 1.89 bits per heavy atom. The van der Waals surface area contributed by atoms with Gasteiger partial charge in [-0.15, -0.1) is 0 Å². The lowest BCUT2D eigenvalue weighted by molar-refractivity contribution is -0.130. The molecule has 0 aliphatic carbocycles. The van der Waals surface area contributed by atoms with E-state index in [1.54, 1.807) is 6.08 Å². The fourth-order valence-corrected chi connectivity index (χ4v) is 3.85. The Hall–Kier alpha value is -2.44. The maximum Gasteiger partial charge on any atom is 0.255 e. The summed E-state index contributed by atoms with van der Waals surface area (Å²) >= 11 is 0. The van der Waals surface area contributed by atoms with Crippen molar-refractivity contribution in [2.45, 2.75) is 25.9 Å². The molecule has 1 saturated heterocycles. The van der Waals surface area contributed by atoms with Gasteiger partial charge in [-0.3, -0.25) is 14.5 Å². The molecular formula is C22H30N4O2. The van der Waals surface area contributed by atoms with Crippen molar-refractivity contribution >= 4 is 22.9 Å². The highest BCUT2D eigenvalue weighted by atomic mass is 16.2. The van der Waals surface area contributed by atoms with Crippen LogP contribution in [0.5, 0.6) is 0 Å². The molecule has 0 radical (unpaired) electrons. The number of amides is 1. The number of carbonyl (C=O) groups is 1. The molecule has 0 bridgehead atoms. The zero-order valence-corrected chi connectivity index (χ0v) is 17.2. The standard InChI is InChI=1S/C22H30N4O2/c1-16-14-25(15-17(2)26(16)12-11-24(3)4)21(27)10-9-19-13-18-7-5-6-8-20(18)23-22(19)28/h5-10,13,16-17H,11-12,14-15H2,1-4H3,(H,23,28)/b10-9+. The predicted octanol–water partition coefficient (Wildman–Crippen LogP) is 2.02. The molecule has 1 aromatic carbocycles. The van der Waals surface area contributed by atoms with E-state index in [1.165, 1.54) is 6.08 Å². The molecule has 1 N–H and O–H groups in total. The second kappa shape index (κ2) is 8.71. The fraction of sp³-hybridized carbons (Fsp3) is 0.455. The van der Waals surface area contributed by atoms with E-state index in [0.717, 1.165) is 24.0 Å². The summed E-state index contributed by atoms with van der Waals surface area (Å²) in [4.78, 5) is 34.3. The fourth-order valence-electron chi connectivity index (χ4n) is 3.85. The Balaban J connectivity index is 1.68. The van der Waals surface area contributed by atoms with Gasteiger partial charge >= 0.3 is 0 Å². The van der Waals surface area contributed by atoms with E-state index in [1.807, 2.05) is 35.2 Å². The van der Waals surface area contributed by atoms with Crippen LogP contribution in [-0.2, 0) is 4.79 Å². The van der Waals surface area contributed by atoms with Crippen LogP contribution < -0.4 is 5.56 Å². The average Bonchev–Trinajstić information content (AvgIpc) is 2.65. The highest BCUT2D eigenvalue weighted by molar-refractivity contribution is 5.92. The minimum absolute atomic E-state index is 0.0430. The molecule has 0 spiro atoms. The van der Waals surface area contributed by atoms with Crippen LogP contribution in [0.2, 0.25) is 0 Å². The van der Waals surface area contributed by atoms with Crippen LogP contribution in [0.25, 0.3) is 17.0 Å². The lowest BCUT2D eigenvalue weighted by Gasteiger charge is -2.44. The van der Waals surface area contributed by atoms with Gasteiger partial charge in [0.1, 0.15) is 0 Å². The molecule has 1 fully saturated rings. The largest absolute Gasteiger partial charge is 0.336 e. The molecule has 2 heterocycles. The van der Waals surface area contributed by atoms with Crippen molar-refractivity contribution in [1.29, 1.82) is 0 Å². The number of para-hydroxylation sites is 1. The number of pyridine rings is 1. The first-order valence-electron chi connectivity index (χ1n) is 9.84. The first-order valence-corrected chi connectivity index (χ1v) is 9.84. The molecule has 1 amide bonds. The summed E-state index contributed by atoms with van der Waals surface area (Å²) in [5, 5.41) is 0.950. The molecule has 1 aliphatic heterocycles. The summed E-state index contributed by atoms with van der Waals surface area (Å²) in [7, 11) is 4.16. The number of hydrogen-bond donors (Lipinski definition) is 1. The number of hydrogen-bond acceptors (Lipinski definition) is 4. The molecular weight excluding hydrogens is 352 g/mol. The maximum atomic E-state index is 12.7. The van der Waals surface area contributed by atoms with E-state index < -0.39 is 0 Å². The number of carbonyl (C=O) groups excluding carboxylic acids is 1. The second-order valence-corrected chi connectivity index (χ2v) is 7.96. The van der Waals surface area contributed by atoms with Crippen LogP contribution in [0.4, 0.5) is 0 Å². The van der Waals surface area contributed by atoms with Crippen LogP contribution in [0, 0.1) is 0 Å². The lowest BCUT2D eigenvalue weighted by Crippen LogP contribution is -2.58. The summed E-state index contributed by atoms with van der Waals surface area (Å²) in [6.07, 6.45) is 3.15. The van der Waals surface area contributed by atoms with E-state index in [4.69, 9.17) is 0 Å². The minimum Gasteiger partial charge on any atom is -0.336 e. The Labute approximate surface area is 166 Å². The van der Waals surface area contributed by atoms with Crippen molar-refractivity contribution in [3.8, 4) is 0 Å². The smallest absolute Gasteiger partial charge is 0.255 e. The summed E-state index contributed by atoms with van der Waals surface area (Å²) in [6.45, 7) is 7.75. The van der Waals surface area contributed by atoms with Gasteiger partial charge in [0.05, 0.1) is 0 Å². The minimum atomic E-state index is -0.182. The van der Waals surface area contributed by atoms with Gasteiger partial charge in [0.15, 0.2) is 0 Å². The van der Waals surface area contributed by atoms with E-state index in [-0.39, 0.29) is 11.5 Å². The quantitative estimate of drug-likeness (QED) is 0.804. The summed E-state index contributed by atoms with van der Waals surface area (Å²) < 4.78 is 0. The SMILES string of the molecule is CC1CN(C(=O)/C=C/c2cc3ccccc3[nH]c2=O)CC(C)N1CCN(C)C. The summed E-state index contributed by atoms with van der Waals surface area (Å²) in [5.74, 6) is -0.0430. The van der Waals surface area contributed by atoms with E-state index >= 15 is 0 Å². The Morgan fingerprint density at radius 3 is 2.57 bits per heavy atom. The Kier molecular flexibility index (Phi) is 6.31. The molecule has 1 aromatic heterocycles. The number of H-pyrrole nitrogens is 1. The first kappa shape index (κ1) is 20.3. The van der Waals surface area contributed by atoms with Crippen LogP contribution in [0.15, 0.2) is 41.2 Å². The van der Waals surface area contributed by atoms with Gasteiger partial charge in [0, 0.05) is 55.4 Å². The monoisotopic (exact) mass is 382 g/mol. The predicted molar refractivity (Wildman–Crippen MR) is 114 cm³/mol. The van der Waals surface area contributed by atoms with Crippen molar-refractivity contribution < 1.29 is 4.79 Å². The van der Waals surface area contributed by atoms with Crippen molar-refractivity contribution in [1.82, 2.24) is 19.7 Å². The van der Waals surface area contributed by atoms with Crippen LogP contribution in [-0.4, -0.2) is 77.9 Å². The second-order valence-electron chi connectivity index (χ2n) is 7.96. The zero-order chi connectivity index (χ0) is 20.3. The topological polar surface area (TPSA) is 59.7 Å². The highest BCUT2D eigenvalue weighted by Crippen LogP contribution is 2.16. The average molecular weight is 383 g/mol. The van der Waals surface area contributed by atoms with E-state index in [0.29, 0.717) is 30.7 Å². The summed E-state index contributed by atoms with van der Waals surface area (Å²) in [5.41, 5.74) is 1.11. The van der Waals surface area contributed by atoms with E-state index in [2.05, 4.69) is 42.7 Å². The highest BCUT2D eigenvalue weighted by Gasteiger charge is 2.30. The third-order valence-electron chi connectivity index (χ3n) is 5.41. The number of fused-ring (bicyclic) bond motifs is 1. The number of nitrogens with one attached hydrogen (secondary N) is 1. The van der Waals surface area contributed by atoms with Crippen molar-refractivity contribution in [2.75, 3.05) is 40.3 Å². The molecule has 28 heavy (non-hydrogen) atoms. The Bertz CT molecular complexity index is 906. The van der Waals surface area contributed by atoms with Gasteiger partial charge in [-0.25, -0.2) is 0 Å². The molecule has 2 atom stereocenters. The van der Waals surface area contributed by atoms with Crippen molar-refractivity contribution in [3.63, 3.8) is 0 Å². The molecule has 6 nitrogen and oxygen atoms in total. The normalized spacial score (nSPS) is 21.1. The summed E-state index contributed by atoms with van der Waals surface area (Å²) in [6, 6.07) is 10.1. The van der Waals surface area contributed by atoms with Crippen LogP contribution >= 0.6 is 0 Å². The Morgan fingerprint density at radius 1 is 1.21 bits per heavy atom. The van der Waals surface area contributed by atoms with Gasteiger partial charge in [-0.1, -0.05) is 18.2 Å². The molecule has 3 rings (SSSR count). The number of benzene rings is 1. The number of piperazine rings is 1. The van der Waals surface area contributed by atoms with Crippen LogP contribution in [0.3, 0.4) is 0 Å². The third-order valence-corrected chi connectivity index (χ3v) is 5.41. The number of aromatic amines is 1. The van der Waals surface area contributed by atoms with Gasteiger partial charge in [-0.05, 0) is 51.5 Å². The zero-order valence-electron chi connectivity index (χ0n) is 17.2. The number of rotatable bonds is 5. The third kappa shape index (κ3) is 4.69. The van der Waals surface area contributed by atoms with Crippen LogP contribution in [0.1, 0.15) is 19.4 Å². The number of aromatic nitrogens is 1. The lowest BCUT2D eigenvalue weighted by atomic mass is 10.1. The number of nitrogens with zero attached hydrogens (tertiary/aromatic N) is 3. The molecule has 1 aliphatic rings. The van der Waals surface area contributed by atoms with Gasteiger partial charge < -0.3 is 14.8 Å². The first-order chi connectivity index (χ1) is 13.3. The van der Waals surface area contributed by atoms with Gasteiger partial charge in [0.2, 0.25) is 5.91 Å². The van der Waals surface area contributed by atoms with Crippen molar-refractivity contribution in [3.05, 3.63) is 52.3 Å².